The molecule has 168 valence electrons. The zero-order valence-electron chi connectivity index (χ0n) is 18.6. The number of ether oxygens (including phenoxy) is 1. The number of likely N-dealkylation sites (tertiary alicyclic amines) is 1. The summed E-state index contributed by atoms with van der Waals surface area (Å²) in [6.45, 7) is 11.1. The lowest BCUT2D eigenvalue weighted by atomic mass is 9.95. The Morgan fingerprint density at radius 2 is 1.80 bits per heavy atom. The maximum absolute atomic E-state index is 12.8. The molecule has 2 fully saturated rings. The number of morpholine rings is 1. The second kappa shape index (κ2) is 10.2. The average Bonchev–Trinajstić information content (AvgIpc) is 3.19. The summed E-state index contributed by atoms with van der Waals surface area (Å²) in [5.74, 6) is 1.77. The first-order chi connectivity index (χ1) is 14.3. The third-order valence-electron chi connectivity index (χ3n) is 5.71. The molecule has 9 heteroatoms. The number of hydrogen-bond donors (Lipinski definition) is 1. The fraction of sp³-hybridized carbons (Fsp3) is 0.810. The fourth-order valence-corrected chi connectivity index (χ4v) is 4.10. The van der Waals surface area contributed by atoms with Crippen molar-refractivity contribution in [2.75, 3.05) is 32.7 Å². The summed E-state index contributed by atoms with van der Waals surface area (Å²) in [6.07, 6.45) is 2.97. The van der Waals surface area contributed by atoms with Crippen LogP contribution in [0, 0.1) is 5.92 Å². The molecule has 0 aromatic carbocycles. The zero-order chi connectivity index (χ0) is 21.7. The molecule has 2 atom stereocenters. The Kier molecular flexibility index (Phi) is 7.69. The molecule has 0 spiro atoms. The van der Waals surface area contributed by atoms with Gasteiger partial charge in [-0.05, 0) is 33.1 Å². The highest BCUT2D eigenvalue weighted by Gasteiger charge is 2.33. The van der Waals surface area contributed by atoms with Crippen LogP contribution in [0.3, 0.4) is 0 Å². The molecule has 1 N–H and O–H groups in total. The molecule has 1 aromatic heterocycles. The molecule has 0 bridgehead atoms. The van der Waals surface area contributed by atoms with Crippen molar-refractivity contribution in [3.05, 3.63) is 11.7 Å². The van der Waals surface area contributed by atoms with Gasteiger partial charge >= 0.3 is 6.03 Å². The van der Waals surface area contributed by atoms with Crippen molar-refractivity contribution >= 4 is 11.9 Å². The molecule has 3 rings (SSSR count). The van der Waals surface area contributed by atoms with Crippen molar-refractivity contribution in [1.29, 1.82) is 0 Å². The van der Waals surface area contributed by atoms with Crippen LogP contribution < -0.4 is 5.32 Å². The summed E-state index contributed by atoms with van der Waals surface area (Å²) in [6, 6.07) is -0.0667. The fourth-order valence-electron chi connectivity index (χ4n) is 4.10. The Labute approximate surface area is 178 Å². The molecule has 0 radical (unpaired) electrons. The molecular formula is C21H35N5O4. The molecule has 2 aliphatic rings. The smallest absolute Gasteiger partial charge is 0.317 e. The van der Waals surface area contributed by atoms with Crippen molar-refractivity contribution < 1.29 is 18.8 Å². The molecule has 3 heterocycles. The number of hydrogen-bond acceptors (Lipinski definition) is 6. The van der Waals surface area contributed by atoms with Gasteiger partial charge in [0.05, 0.1) is 12.2 Å². The Bertz CT molecular complexity index is 704. The molecule has 2 unspecified atom stereocenters. The van der Waals surface area contributed by atoms with E-state index in [0.29, 0.717) is 63.7 Å². The second-order valence-corrected chi connectivity index (χ2v) is 8.80. The first-order valence-electron chi connectivity index (χ1n) is 11.1. The van der Waals surface area contributed by atoms with Crippen molar-refractivity contribution in [3.8, 4) is 0 Å². The van der Waals surface area contributed by atoms with Gasteiger partial charge in [-0.15, -0.1) is 0 Å². The summed E-state index contributed by atoms with van der Waals surface area (Å²) in [7, 11) is 0. The summed E-state index contributed by atoms with van der Waals surface area (Å²) < 4.78 is 10.9. The van der Waals surface area contributed by atoms with Gasteiger partial charge in [-0.3, -0.25) is 4.79 Å². The third-order valence-corrected chi connectivity index (χ3v) is 5.71. The highest BCUT2D eigenvalue weighted by Crippen LogP contribution is 2.22. The number of aromatic nitrogens is 2. The van der Waals surface area contributed by atoms with Crippen LogP contribution in [-0.2, 0) is 16.0 Å². The largest absolute Gasteiger partial charge is 0.372 e. The van der Waals surface area contributed by atoms with E-state index in [-0.39, 0.29) is 36.0 Å². The quantitative estimate of drug-likeness (QED) is 0.707. The standard InChI is InChI=1S/C21H35N5O4/c1-14(2)19-23-18(30-24-19)6-5-9-22-21(28)25-10-7-17(8-11-25)20(27)26-12-15(3)29-16(4)13-26/h14-17H,5-13H2,1-4H3,(H,22,28). The van der Waals surface area contributed by atoms with Gasteiger partial charge in [0, 0.05) is 51.0 Å². The number of amides is 3. The Morgan fingerprint density at radius 1 is 1.13 bits per heavy atom. The van der Waals surface area contributed by atoms with Gasteiger partial charge < -0.3 is 24.4 Å². The van der Waals surface area contributed by atoms with E-state index in [0.717, 1.165) is 6.42 Å². The lowest BCUT2D eigenvalue weighted by Crippen LogP contribution is -2.52. The van der Waals surface area contributed by atoms with Gasteiger partial charge in [-0.1, -0.05) is 19.0 Å². The minimum atomic E-state index is -0.0667. The van der Waals surface area contributed by atoms with Crippen molar-refractivity contribution in [3.63, 3.8) is 0 Å². The van der Waals surface area contributed by atoms with Crippen LogP contribution in [0.4, 0.5) is 4.79 Å². The maximum atomic E-state index is 12.8. The summed E-state index contributed by atoms with van der Waals surface area (Å²) in [4.78, 5) is 33.3. The first kappa shape index (κ1) is 22.5. The van der Waals surface area contributed by atoms with Crippen LogP contribution in [-0.4, -0.2) is 76.8 Å². The minimum Gasteiger partial charge on any atom is -0.372 e. The number of carbonyl (C=O) groups excluding carboxylic acids is 2. The number of nitrogens with zero attached hydrogens (tertiary/aromatic N) is 4. The monoisotopic (exact) mass is 421 g/mol. The molecule has 0 aliphatic carbocycles. The molecule has 30 heavy (non-hydrogen) atoms. The SMILES string of the molecule is CC1CN(C(=O)C2CCN(C(=O)NCCCc3nc(C(C)C)no3)CC2)CC(C)O1. The maximum Gasteiger partial charge on any atom is 0.317 e. The van der Waals surface area contributed by atoms with Gasteiger partial charge in [0.15, 0.2) is 5.82 Å². The van der Waals surface area contributed by atoms with Crippen LogP contribution >= 0.6 is 0 Å². The van der Waals surface area contributed by atoms with Gasteiger partial charge in [-0.2, -0.15) is 4.98 Å². The number of rotatable bonds is 6. The lowest BCUT2D eigenvalue weighted by molar-refractivity contribution is -0.148. The van der Waals surface area contributed by atoms with Crippen LogP contribution in [0.5, 0.6) is 0 Å². The molecule has 0 saturated carbocycles. The van der Waals surface area contributed by atoms with E-state index >= 15 is 0 Å². The summed E-state index contributed by atoms with van der Waals surface area (Å²) in [5.41, 5.74) is 0. The Morgan fingerprint density at radius 3 is 2.40 bits per heavy atom. The van der Waals surface area contributed by atoms with E-state index in [9.17, 15) is 9.59 Å². The van der Waals surface area contributed by atoms with Gasteiger partial charge in [0.25, 0.3) is 0 Å². The predicted molar refractivity (Wildman–Crippen MR) is 111 cm³/mol. The van der Waals surface area contributed by atoms with Gasteiger partial charge in [-0.25, -0.2) is 4.79 Å². The van der Waals surface area contributed by atoms with Gasteiger partial charge in [0.1, 0.15) is 0 Å². The van der Waals surface area contributed by atoms with Crippen LogP contribution in [0.2, 0.25) is 0 Å². The average molecular weight is 422 g/mol. The normalized spacial score (nSPS) is 23.1. The van der Waals surface area contributed by atoms with E-state index in [2.05, 4.69) is 15.5 Å². The van der Waals surface area contributed by atoms with E-state index < -0.39 is 0 Å². The highest BCUT2D eigenvalue weighted by atomic mass is 16.5. The third kappa shape index (κ3) is 5.93. The van der Waals surface area contributed by atoms with Crippen molar-refractivity contribution in [1.82, 2.24) is 25.3 Å². The van der Waals surface area contributed by atoms with Crippen molar-refractivity contribution in [2.24, 2.45) is 5.92 Å². The lowest BCUT2D eigenvalue weighted by Gasteiger charge is -2.39. The number of aryl methyl sites for hydroxylation is 1. The van der Waals surface area contributed by atoms with E-state index in [1.165, 1.54) is 0 Å². The summed E-state index contributed by atoms with van der Waals surface area (Å²) in [5, 5.41) is 6.90. The number of piperidine rings is 1. The van der Waals surface area contributed by atoms with Gasteiger partial charge in [0.2, 0.25) is 11.8 Å². The molecule has 1 aromatic rings. The molecule has 2 aliphatic heterocycles. The topological polar surface area (TPSA) is 101 Å². The first-order valence-corrected chi connectivity index (χ1v) is 11.1. The Balaban J connectivity index is 1.35. The second-order valence-electron chi connectivity index (χ2n) is 8.80. The van der Waals surface area contributed by atoms with Crippen LogP contribution in [0.1, 0.15) is 64.6 Å². The summed E-state index contributed by atoms with van der Waals surface area (Å²) >= 11 is 0. The number of carbonyl (C=O) groups is 2. The predicted octanol–water partition coefficient (Wildman–Crippen LogP) is 2.18. The van der Waals surface area contributed by atoms with E-state index in [1.807, 2.05) is 32.6 Å². The van der Waals surface area contributed by atoms with Crippen LogP contribution in [0.25, 0.3) is 0 Å². The number of nitrogens with one attached hydrogen (secondary N) is 1. The van der Waals surface area contributed by atoms with E-state index in [1.54, 1.807) is 4.90 Å². The van der Waals surface area contributed by atoms with Crippen LogP contribution in [0.15, 0.2) is 4.52 Å². The molecule has 9 nitrogen and oxygen atoms in total. The highest BCUT2D eigenvalue weighted by molar-refractivity contribution is 5.80. The van der Waals surface area contributed by atoms with Crippen molar-refractivity contribution in [2.45, 2.75) is 71.5 Å². The Hall–Kier alpha value is -2.16. The zero-order valence-corrected chi connectivity index (χ0v) is 18.6. The molecule has 2 saturated heterocycles. The molecule has 3 amide bonds. The van der Waals surface area contributed by atoms with E-state index in [4.69, 9.17) is 9.26 Å². The minimum absolute atomic E-state index is 0.000713. The number of urea groups is 1. The molecular weight excluding hydrogens is 386 g/mol.